The number of hydrogen-bond acceptors (Lipinski definition) is 4. The fraction of sp³-hybridized carbons (Fsp3) is 0.647. The van der Waals surface area contributed by atoms with E-state index in [1.807, 2.05) is 39.0 Å². The predicted molar refractivity (Wildman–Crippen MR) is 88.4 cm³/mol. The number of nitrogens with zero attached hydrogens (tertiary/aromatic N) is 1. The van der Waals surface area contributed by atoms with Gasteiger partial charge >= 0.3 is 5.97 Å². The second-order valence-electron chi connectivity index (χ2n) is 7.14. The van der Waals surface area contributed by atoms with Gasteiger partial charge in [-0.1, -0.05) is 6.07 Å². The van der Waals surface area contributed by atoms with Crippen molar-refractivity contribution in [3.63, 3.8) is 0 Å². The second-order valence-corrected chi connectivity index (χ2v) is 7.95. The fourth-order valence-corrected chi connectivity index (χ4v) is 3.27. The molecule has 1 N–H and O–H groups in total. The Kier molecular flexibility index (Phi) is 5.28. The first-order valence-electron chi connectivity index (χ1n) is 7.73. The molecule has 0 atom stereocenters. The molecule has 0 radical (unpaired) electrons. The standard InChI is InChI=1S/C17H24BrNO3/c1-16(2,3)22-15(21)17(9-7-13(20)8-10-17)11-12-5-4-6-14(18)19-12/h4-6,13,20H,7-11H2,1-3H3. The summed E-state index contributed by atoms with van der Waals surface area (Å²) in [4.78, 5) is 17.2. The first-order valence-corrected chi connectivity index (χ1v) is 8.52. The molecule has 1 aliphatic rings. The largest absolute Gasteiger partial charge is 0.460 e. The van der Waals surface area contributed by atoms with Crippen molar-refractivity contribution in [3.05, 3.63) is 28.5 Å². The van der Waals surface area contributed by atoms with Crippen LogP contribution in [0.1, 0.15) is 52.1 Å². The summed E-state index contributed by atoms with van der Waals surface area (Å²) in [6, 6.07) is 5.73. The first kappa shape index (κ1) is 17.4. The van der Waals surface area contributed by atoms with Crippen molar-refractivity contribution < 1.29 is 14.6 Å². The average Bonchev–Trinajstić information content (AvgIpc) is 2.40. The third-order valence-electron chi connectivity index (χ3n) is 4.04. The summed E-state index contributed by atoms with van der Waals surface area (Å²) in [5, 5.41) is 9.79. The summed E-state index contributed by atoms with van der Waals surface area (Å²) >= 11 is 3.37. The third-order valence-corrected chi connectivity index (χ3v) is 4.48. The number of aliphatic hydroxyl groups is 1. The number of carbonyl (C=O) groups is 1. The van der Waals surface area contributed by atoms with E-state index in [2.05, 4.69) is 20.9 Å². The molecular formula is C17H24BrNO3. The lowest BCUT2D eigenvalue weighted by Crippen LogP contribution is -2.43. The van der Waals surface area contributed by atoms with Crippen LogP contribution in [-0.4, -0.2) is 27.8 Å². The number of aliphatic hydroxyl groups excluding tert-OH is 1. The quantitative estimate of drug-likeness (QED) is 0.652. The molecule has 2 rings (SSSR count). The molecule has 1 aromatic rings. The zero-order valence-corrected chi connectivity index (χ0v) is 15.0. The summed E-state index contributed by atoms with van der Waals surface area (Å²) < 4.78 is 6.42. The Morgan fingerprint density at radius 1 is 1.41 bits per heavy atom. The van der Waals surface area contributed by atoms with Crippen molar-refractivity contribution >= 4 is 21.9 Å². The van der Waals surface area contributed by atoms with Crippen LogP contribution >= 0.6 is 15.9 Å². The molecule has 1 saturated carbocycles. The normalized spacial score (nSPS) is 25.8. The number of hydrogen-bond donors (Lipinski definition) is 1. The Balaban J connectivity index is 2.24. The van der Waals surface area contributed by atoms with Gasteiger partial charge in [-0.05, 0) is 74.5 Å². The number of carbonyl (C=O) groups excluding carboxylic acids is 1. The van der Waals surface area contributed by atoms with Crippen LogP contribution in [-0.2, 0) is 16.0 Å². The van der Waals surface area contributed by atoms with E-state index in [0.717, 1.165) is 10.3 Å². The van der Waals surface area contributed by atoms with Gasteiger partial charge in [0, 0.05) is 12.1 Å². The maximum atomic E-state index is 12.8. The molecule has 4 nitrogen and oxygen atoms in total. The Morgan fingerprint density at radius 3 is 2.59 bits per heavy atom. The van der Waals surface area contributed by atoms with E-state index in [-0.39, 0.29) is 12.1 Å². The van der Waals surface area contributed by atoms with E-state index in [4.69, 9.17) is 4.74 Å². The van der Waals surface area contributed by atoms with Crippen LogP contribution in [0, 0.1) is 5.41 Å². The number of ether oxygens (including phenoxy) is 1. The summed E-state index contributed by atoms with van der Waals surface area (Å²) in [7, 11) is 0. The minimum atomic E-state index is -0.583. The molecule has 0 aliphatic heterocycles. The minimum absolute atomic E-state index is 0.173. The molecule has 0 amide bonds. The molecule has 1 heterocycles. The Hall–Kier alpha value is -0.940. The van der Waals surface area contributed by atoms with Crippen LogP contribution in [0.15, 0.2) is 22.8 Å². The minimum Gasteiger partial charge on any atom is -0.460 e. The summed E-state index contributed by atoms with van der Waals surface area (Å²) in [5.41, 5.74) is -0.220. The summed E-state index contributed by atoms with van der Waals surface area (Å²) in [6.45, 7) is 5.65. The van der Waals surface area contributed by atoms with Gasteiger partial charge in [-0.3, -0.25) is 4.79 Å². The molecule has 1 aromatic heterocycles. The van der Waals surface area contributed by atoms with Gasteiger partial charge in [0.25, 0.3) is 0 Å². The second kappa shape index (κ2) is 6.67. The molecular weight excluding hydrogens is 346 g/mol. The zero-order chi connectivity index (χ0) is 16.4. The van der Waals surface area contributed by atoms with E-state index in [1.165, 1.54) is 0 Å². The lowest BCUT2D eigenvalue weighted by Gasteiger charge is -2.38. The van der Waals surface area contributed by atoms with Gasteiger partial charge < -0.3 is 9.84 Å². The third kappa shape index (κ3) is 4.53. The summed E-state index contributed by atoms with van der Waals surface area (Å²) in [5.74, 6) is -0.173. The molecule has 0 bridgehead atoms. The van der Waals surface area contributed by atoms with Crippen LogP contribution in [0.25, 0.3) is 0 Å². The molecule has 1 aliphatic carbocycles. The van der Waals surface area contributed by atoms with Gasteiger partial charge in [-0.2, -0.15) is 0 Å². The molecule has 5 heteroatoms. The van der Waals surface area contributed by atoms with Crippen LogP contribution in [0.3, 0.4) is 0 Å². The highest BCUT2D eigenvalue weighted by Crippen LogP contribution is 2.41. The molecule has 1 fully saturated rings. The molecule has 0 aromatic carbocycles. The molecule has 122 valence electrons. The van der Waals surface area contributed by atoms with E-state index < -0.39 is 11.0 Å². The van der Waals surface area contributed by atoms with Gasteiger partial charge in [0.1, 0.15) is 10.2 Å². The summed E-state index contributed by atoms with van der Waals surface area (Å²) in [6.07, 6.45) is 2.77. The lowest BCUT2D eigenvalue weighted by atomic mass is 9.70. The Bertz CT molecular complexity index is 531. The highest BCUT2D eigenvalue weighted by atomic mass is 79.9. The topological polar surface area (TPSA) is 59.4 Å². The number of rotatable bonds is 3. The fourth-order valence-electron chi connectivity index (χ4n) is 2.89. The van der Waals surface area contributed by atoms with Crippen LogP contribution < -0.4 is 0 Å². The van der Waals surface area contributed by atoms with Crippen molar-refractivity contribution in [2.75, 3.05) is 0 Å². The van der Waals surface area contributed by atoms with E-state index in [9.17, 15) is 9.90 Å². The van der Waals surface area contributed by atoms with Crippen LogP contribution in [0.4, 0.5) is 0 Å². The predicted octanol–water partition coefficient (Wildman–Crippen LogP) is 3.65. The number of aromatic nitrogens is 1. The number of esters is 1. The van der Waals surface area contributed by atoms with Gasteiger partial charge in [0.2, 0.25) is 0 Å². The van der Waals surface area contributed by atoms with Gasteiger partial charge in [0.15, 0.2) is 0 Å². The highest BCUT2D eigenvalue weighted by Gasteiger charge is 2.44. The van der Waals surface area contributed by atoms with Gasteiger partial charge in [-0.25, -0.2) is 4.98 Å². The van der Waals surface area contributed by atoms with E-state index in [1.54, 1.807) is 0 Å². The smallest absolute Gasteiger partial charge is 0.312 e. The van der Waals surface area contributed by atoms with Gasteiger partial charge in [-0.15, -0.1) is 0 Å². The van der Waals surface area contributed by atoms with Crippen molar-refractivity contribution in [3.8, 4) is 0 Å². The Morgan fingerprint density at radius 2 is 2.05 bits per heavy atom. The molecule has 22 heavy (non-hydrogen) atoms. The van der Waals surface area contributed by atoms with E-state index in [0.29, 0.717) is 32.1 Å². The Labute approximate surface area is 140 Å². The van der Waals surface area contributed by atoms with Crippen molar-refractivity contribution in [2.24, 2.45) is 5.41 Å². The van der Waals surface area contributed by atoms with Crippen molar-refractivity contribution in [1.82, 2.24) is 4.98 Å². The van der Waals surface area contributed by atoms with Crippen molar-refractivity contribution in [2.45, 2.75) is 64.6 Å². The number of halogens is 1. The van der Waals surface area contributed by atoms with Crippen molar-refractivity contribution in [1.29, 1.82) is 0 Å². The van der Waals surface area contributed by atoms with E-state index >= 15 is 0 Å². The lowest BCUT2D eigenvalue weighted by molar-refractivity contribution is -0.171. The molecule has 0 unspecified atom stereocenters. The number of pyridine rings is 1. The molecule has 0 saturated heterocycles. The first-order chi connectivity index (χ1) is 10.2. The molecule has 0 spiro atoms. The van der Waals surface area contributed by atoms with Gasteiger partial charge in [0.05, 0.1) is 11.5 Å². The highest BCUT2D eigenvalue weighted by molar-refractivity contribution is 9.10. The van der Waals surface area contributed by atoms with Crippen LogP contribution in [0.5, 0.6) is 0 Å². The monoisotopic (exact) mass is 369 g/mol. The maximum Gasteiger partial charge on any atom is 0.312 e. The average molecular weight is 370 g/mol. The maximum absolute atomic E-state index is 12.8. The SMILES string of the molecule is CC(C)(C)OC(=O)C1(Cc2cccc(Br)n2)CCC(O)CC1. The van der Waals surface area contributed by atoms with Crippen LogP contribution in [0.2, 0.25) is 0 Å². The zero-order valence-electron chi connectivity index (χ0n) is 13.4.